The lowest BCUT2D eigenvalue weighted by molar-refractivity contribution is -0.384. The first-order valence-electron chi connectivity index (χ1n) is 7.69. The quantitative estimate of drug-likeness (QED) is 0.392. The molecule has 1 heterocycles. The van der Waals surface area contributed by atoms with E-state index in [4.69, 9.17) is 0 Å². The van der Waals surface area contributed by atoms with Crippen molar-refractivity contribution in [3.63, 3.8) is 0 Å². The summed E-state index contributed by atoms with van der Waals surface area (Å²) in [6.45, 7) is 0. The fourth-order valence-electron chi connectivity index (χ4n) is 2.47. The molecule has 136 valence electrons. The van der Waals surface area contributed by atoms with Crippen LogP contribution in [0.2, 0.25) is 0 Å². The van der Waals surface area contributed by atoms with E-state index in [1.165, 1.54) is 54.7 Å². The highest BCUT2D eigenvalue weighted by Gasteiger charge is 2.30. The molecular formula is C17H13N4O5P. The van der Waals surface area contributed by atoms with Gasteiger partial charge < -0.3 is 5.09 Å². The summed E-state index contributed by atoms with van der Waals surface area (Å²) in [7, 11) is -3.70. The van der Waals surface area contributed by atoms with Gasteiger partial charge in [-0.1, -0.05) is 18.2 Å². The van der Waals surface area contributed by atoms with Crippen molar-refractivity contribution in [3.05, 3.63) is 93.2 Å². The van der Waals surface area contributed by atoms with Gasteiger partial charge >= 0.3 is 0 Å². The number of non-ortho nitro benzene ring substituents is 2. The first-order valence-corrected chi connectivity index (χ1v) is 9.40. The zero-order valence-electron chi connectivity index (χ0n) is 13.8. The van der Waals surface area contributed by atoms with Crippen molar-refractivity contribution in [1.82, 2.24) is 4.98 Å². The van der Waals surface area contributed by atoms with Crippen molar-refractivity contribution in [2.24, 2.45) is 0 Å². The number of nitro groups is 2. The molecule has 0 bridgehead atoms. The zero-order chi connectivity index (χ0) is 19.4. The fraction of sp³-hybridized carbons (Fsp3) is 0. The van der Waals surface area contributed by atoms with E-state index in [-0.39, 0.29) is 27.8 Å². The van der Waals surface area contributed by atoms with E-state index in [1.807, 2.05) is 0 Å². The van der Waals surface area contributed by atoms with Crippen LogP contribution >= 0.6 is 7.29 Å². The van der Waals surface area contributed by atoms with Gasteiger partial charge in [0.1, 0.15) is 5.82 Å². The van der Waals surface area contributed by atoms with Crippen LogP contribution in [-0.4, -0.2) is 14.8 Å². The van der Waals surface area contributed by atoms with Crippen molar-refractivity contribution in [2.75, 3.05) is 5.09 Å². The maximum absolute atomic E-state index is 13.9. The van der Waals surface area contributed by atoms with Crippen LogP contribution in [0, 0.1) is 20.2 Å². The van der Waals surface area contributed by atoms with Crippen LogP contribution in [0.1, 0.15) is 0 Å². The van der Waals surface area contributed by atoms with E-state index < -0.39 is 17.1 Å². The molecule has 27 heavy (non-hydrogen) atoms. The lowest BCUT2D eigenvalue weighted by atomic mass is 10.3. The number of anilines is 1. The van der Waals surface area contributed by atoms with Crippen molar-refractivity contribution in [3.8, 4) is 0 Å². The largest absolute Gasteiger partial charge is 0.314 e. The predicted molar refractivity (Wildman–Crippen MR) is 101 cm³/mol. The average Bonchev–Trinajstić information content (AvgIpc) is 2.69. The average molecular weight is 384 g/mol. The van der Waals surface area contributed by atoms with Crippen LogP contribution in [-0.2, 0) is 4.57 Å². The SMILES string of the molecule is O=[N+]([O-])c1cccc(P(=O)(Nc2ccccn2)c2cccc([N+](=O)[O-])c2)c1. The molecule has 1 N–H and O–H groups in total. The third-order valence-corrected chi connectivity index (χ3v) is 6.30. The van der Waals surface area contributed by atoms with Gasteiger partial charge in [-0.05, 0) is 24.3 Å². The third kappa shape index (κ3) is 3.83. The van der Waals surface area contributed by atoms with E-state index in [0.717, 1.165) is 0 Å². The zero-order valence-corrected chi connectivity index (χ0v) is 14.7. The number of nitro benzene ring substituents is 2. The van der Waals surface area contributed by atoms with Gasteiger partial charge in [0, 0.05) is 41.1 Å². The number of aromatic nitrogens is 1. The molecule has 2 aromatic carbocycles. The normalized spacial score (nSPS) is 11.0. The van der Waals surface area contributed by atoms with Crippen LogP contribution in [0.5, 0.6) is 0 Å². The topological polar surface area (TPSA) is 128 Å². The molecule has 0 radical (unpaired) electrons. The molecule has 9 nitrogen and oxygen atoms in total. The van der Waals surface area contributed by atoms with Gasteiger partial charge in [0.25, 0.3) is 11.4 Å². The Kier molecular flexibility index (Phi) is 4.96. The lowest BCUT2D eigenvalue weighted by Gasteiger charge is -2.20. The summed E-state index contributed by atoms with van der Waals surface area (Å²) < 4.78 is 13.9. The van der Waals surface area contributed by atoms with Gasteiger partial charge in [-0.2, -0.15) is 0 Å². The molecule has 0 aliphatic carbocycles. The number of nitrogens with zero attached hydrogens (tertiary/aromatic N) is 3. The molecule has 3 rings (SSSR count). The second-order valence-corrected chi connectivity index (χ2v) is 7.96. The van der Waals surface area contributed by atoms with Crippen molar-refractivity contribution in [1.29, 1.82) is 0 Å². The fourth-order valence-corrected chi connectivity index (χ4v) is 4.70. The van der Waals surface area contributed by atoms with E-state index in [1.54, 1.807) is 18.2 Å². The van der Waals surface area contributed by atoms with Crippen LogP contribution < -0.4 is 15.7 Å². The first-order chi connectivity index (χ1) is 12.9. The van der Waals surface area contributed by atoms with Crippen molar-refractivity contribution < 1.29 is 14.4 Å². The molecule has 0 fully saturated rings. The highest BCUT2D eigenvalue weighted by molar-refractivity contribution is 7.80. The molecule has 3 aromatic rings. The minimum Gasteiger partial charge on any atom is -0.314 e. The van der Waals surface area contributed by atoms with E-state index in [9.17, 15) is 24.8 Å². The van der Waals surface area contributed by atoms with E-state index >= 15 is 0 Å². The van der Waals surface area contributed by atoms with Crippen molar-refractivity contribution in [2.45, 2.75) is 0 Å². The second kappa shape index (κ2) is 7.35. The van der Waals surface area contributed by atoms with E-state index in [2.05, 4.69) is 10.1 Å². The van der Waals surface area contributed by atoms with Crippen LogP contribution in [0.15, 0.2) is 72.9 Å². The Bertz CT molecular complexity index is 996. The van der Waals surface area contributed by atoms with E-state index in [0.29, 0.717) is 0 Å². The number of benzene rings is 2. The molecule has 0 aliphatic rings. The standard InChI is InChI=1S/C17H13N4O5P/c22-20(23)13-5-3-7-15(11-13)27(26,19-17-9-1-2-10-18-17)16-8-4-6-14(12-16)21(24)25/h1-12H,(H,18,19,26). The molecular weight excluding hydrogens is 371 g/mol. The maximum Gasteiger partial charge on any atom is 0.270 e. The molecule has 0 amide bonds. The third-order valence-electron chi connectivity index (χ3n) is 3.75. The number of hydrogen-bond donors (Lipinski definition) is 1. The number of nitrogens with one attached hydrogen (secondary N) is 1. The predicted octanol–water partition coefficient (Wildman–Crippen LogP) is 3.24. The van der Waals surface area contributed by atoms with Gasteiger partial charge in [0.05, 0.1) is 9.85 Å². The summed E-state index contributed by atoms with van der Waals surface area (Å²) >= 11 is 0. The highest BCUT2D eigenvalue weighted by Crippen LogP contribution is 2.44. The van der Waals surface area contributed by atoms with Crippen LogP contribution in [0.3, 0.4) is 0 Å². The summed E-state index contributed by atoms with van der Waals surface area (Å²) in [6.07, 6.45) is 1.49. The molecule has 0 unspecified atom stereocenters. The van der Waals surface area contributed by atoms with Gasteiger partial charge in [-0.25, -0.2) is 4.98 Å². The van der Waals surface area contributed by atoms with Gasteiger partial charge in [0.15, 0.2) is 0 Å². The van der Waals surface area contributed by atoms with Crippen LogP contribution in [0.25, 0.3) is 0 Å². The Morgan fingerprint density at radius 1 is 0.815 bits per heavy atom. The highest BCUT2D eigenvalue weighted by atomic mass is 31.2. The van der Waals surface area contributed by atoms with Crippen LogP contribution in [0.4, 0.5) is 17.2 Å². The molecule has 10 heteroatoms. The lowest BCUT2D eigenvalue weighted by Crippen LogP contribution is -2.22. The molecule has 0 spiro atoms. The maximum atomic E-state index is 13.9. The number of pyridine rings is 1. The molecule has 0 aliphatic heterocycles. The summed E-state index contributed by atoms with van der Waals surface area (Å²) in [4.78, 5) is 25.1. The molecule has 0 atom stereocenters. The van der Waals surface area contributed by atoms with Gasteiger partial charge in [0.2, 0.25) is 7.29 Å². The summed E-state index contributed by atoms with van der Waals surface area (Å²) in [5.74, 6) is 0.277. The summed E-state index contributed by atoms with van der Waals surface area (Å²) in [6, 6.07) is 15.7. The molecule has 1 aromatic heterocycles. The number of rotatable bonds is 6. The van der Waals surface area contributed by atoms with Gasteiger partial charge in [-0.3, -0.25) is 24.8 Å². The monoisotopic (exact) mass is 384 g/mol. The second-order valence-electron chi connectivity index (χ2n) is 5.49. The Hall–Kier alpha value is -3.58. The summed E-state index contributed by atoms with van der Waals surface area (Å²) in [5.41, 5.74) is -0.470. The Morgan fingerprint density at radius 3 is 1.81 bits per heavy atom. The smallest absolute Gasteiger partial charge is 0.270 e. The minimum absolute atomic E-state index is 0.142. The Morgan fingerprint density at radius 2 is 1.37 bits per heavy atom. The van der Waals surface area contributed by atoms with Crippen molar-refractivity contribution >= 4 is 35.1 Å². The molecule has 0 saturated carbocycles. The Balaban J connectivity index is 2.19. The minimum atomic E-state index is -3.70. The molecule has 0 saturated heterocycles. The van der Waals surface area contributed by atoms with Gasteiger partial charge in [-0.15, -0.1) is 0 Å². The number of hydrogen-bond acceptors (Lipinski definition) is 6. The first kappa shape index (κ1) is 18.2. The Labute approximate surface area is 153 Å². The summed E-state index contributed by atoms with van der Waals surface area (Å²) in [5, 5.41) is 25.3.